The van der Waals surface area contributed by atoms with E-state index in [9.17, 15) is 0 Å². The van der Waals surface area contributed by atoms with Gasteiger partial charge in [-0.1, -0.05) is 53.2 Å². The average molecular weight is 398 g/mol. The predicted molar refractivity (Wildman–Crippen MR) is 105 cm³/mol. The Hall–Kier alpha value is -2.64. The monoisotopic (exact) mass is 397 g/mol. The van der Waals surface area contributed by atoms with Crippen molar-refractivity contribution >= 4 is 23.4 Å². The number of rotatable bonds is 5. The maximum absolute atomic E-state index is 6.19. The van der Waals surface area contributed by atoms with Gasteiger partial charge in [-0.2, -0.15) is 0 Å². The number of benzene rings is 2. The second kappa shape index (κ2) is 7.54. The fourth-order valence-corrected chi connectivity index (χ4v) is 3.72. The molecule has 0 amide bonds. The number of hydrogen-bond acceptors (Lipinski definition) is 6. The molecule has 0 atom stereocenters. The van der Waals surface area contributed by atoms with Gasteiger partial charge in [0.2, 0.25) is 11.8 Å². The standard InChI is InChI=1S/C19H16ClN5OS/c1-12-7-8-16(13(2)9-12)25-11-21-24-19(25)27-10-17-22-23-18(26-17)14-5-3-4-6-15(14)20/h3-9,11H,10H2,1-2H3. The quantitative estimate of drug-likeness (QED) is 0.447. The lowest BCUT2D eigenvalue weighted by Gasteiger charge is -2.09. The molecule has 2 aromatic carbocycles. The van der Waals surface area contributed by atoms with Crippen molar-refractivity contribution in [1.29, 1.82) is 0 Å². The third kappa shape index (κ3) is 3.74. The van der Waals surface area contributed by atoms with Crippen molar-refractivity contribution in [1.82, 2.24) is 25.0 Å². The minimum atomic E-state index is 0.409. The van der Waals surface area contributed by atoms with Gasteiger partial charge < -0.3 is 4.42 Å². The molecule has 0 aliphatic carbocycles. The lowest BCUT2D eigenvalue weighted by molar-refractivity contribution is 0.528. The summed E-state index contributed by atoms with van der Waals surface area (Å²) >= 11 is 7.67. The van der Waals surface area contributed by atoms with Crippen LogP contribution >= 0.6 is 23.4 Å². The summed E-state index contributed by atoms with van der Waals surface area (Å²) in [5.41, 5.74) is 4.16. The molecule has 0 saturated heterocycles. The van der Waals surface area contributed by atoms with E-state index in [4.69, 9.17) is 16.0 Å². The molecule has 4 aromatic rings. The maximum atomic E-state index is 6.19. The van der Waals surface area contributed by atoms with E-state index in [1.807, 2.05) is 22.8 Å². The van der Waals surface area contributed by atoms with Gasteiger partial charge in [0, 0.05) is 0 Å². The molecule has 8 heteroatoms. The molecular formula is C19H16ClN5OS. The molecule has 0 fully saturated rings. The van der Waals surface area contributed by atoms with Crippen LogP contribution < -0.4 is 0 Å². The maximum Gasteiger partial charge on any atom is 0.249 e. The molecule has 0 aliphatic rings. The second-order valence-electron chi connectivity index (χ2n) is 6.04. The Balaban J connectivity index is 1.52. The number of halogens is 1. The first-order chi connectivity index (χ1) is 13.1. The topological polar surface area (TPSA) is 69.6 Å². The summed E-state index contributed by atoms with van der Waals surface area (Å²) in [6.45, 7) is 4.15. The highest BCUT2D eigenvalue weighted by molar-refractivity contribution is 7.98. The summed E-state index contributed by atoms with van der Waals surface area (Å²) in [7, 11) is 0. The van der Waals surface area contributed by atoms with Crippen LogP contribution in [0.4, 0.5) is 0 Å². The first kappa shape index (κ1) is 17.8. The first-order valence-corrected chi connectivity index (χ1v) is 9.66. The van der Waals surface area contributed by atoms with E-state index in [2.05, 4.69) is 52.4 Å². The van der Waals surface area contributed by atoms with Crippen molar-refractivity contribution in [2.75, 3.05) is 0 Å². The van der Waals surface area contributed by atoms with E-state index < -0.39 is 0 Å². The Morgan fingerprint density at radius 2 is 1.93 bits per heavy atom. The molecule has 2 heterocycles. The molecule has 136 valence electrons. The highest BCUT2D eigenvalue weighted by Gasteiger charge is 2.14. The summed E-state index contributed by atoms with van der Waals surface area (Å²) in [5.74, 6) is 1.40. The van der Waals surface area contributed by atoms with Crippen molar-refractivity contribution in [3.63, 3.8) is 0 Å². The SMILES string of the molecule is Cc1ccc(-n2cnnc2SCc2nnc(-c3ccccc3Cl)o2)c(C)c1. The van der Waals surface area contributed by atoms with E-state index in [1.54, 1.807) is 12.4 Å². The zero-order chi connectivity index (χ0) is 18.8. The minimum absolute atomic E-state index is 0.409. The van der Waals surface area contributed by atoms with Crippen molar-refractivity contribution < 1.29 is 4.42 Å². The van der Waals surface area contributed by atoms with Crippen LogP contribution in [0.2, 0.25) is 5.02 Å². The summed E-state index contributed by atoms with van der Waals surface area (Å²) in [4.78, 5) is 0. The van der Waals surface area contributed by atoms with Crippen LogP contribution in [0.25, 0.3) is 17.1 Å². The van der Waals surface area contributed by atoms with E-state index in [1.165, 1.54) is 17.3 Å². The van der Waals surface area contributed by atoms with Gasteiger partial charge in [-0.25, -0.2) is 0 Å². The molecule has 0 bridgehead atoms. The zero-order valence-electron chi connectivity index (χ0n) is 14.8. The van der Waals surface area contributed by atoms with Crippen LogP contribution in [0.5, 0.6) is 0 Å². The fraction of sp³-hybridized carbons (Fsp3) is 0.158. The van der Waals surface area contributed by atoms with E-state index in [-0.39, 0.29) is 0 Å². The minimum Gasteiger partial charge on any atom is -0.420 e. The van der Waals surface area contributed by atoms with Gasteiger partial charge in [0.25, 0.3) is 0 Å². The summed E-state index contributed by atoms with van der Waals surface area (Å²) in [6, 6.07) is 13.7. The second-order valence-corrected chi connectivity index (χ2v) is 7.39. The number of aryl methyl sites for hydroxylation is 2. The van der Waals surface area contributed by atoms with Gasteiger partial charge in [0.05, 0.1) is 22.0 Å². The van der Waals surface area contributed by atoms with Crippen LogP contribution in [0.3, 0.4) is 0 Å². The number of aromatic nitrogens is 5. The number of thioether (sulfide) groups is 1. The lowest BCUT2D eigenvalue weighted by Crippen LogP contribution is -1.98. The van der Waals surface area contributed by atoms with Crippen LogP contribution in [-0.2, 0) is 5.75 Å². The highest BCUT2D eigenvalue weighted by atomic mass is 35.5. The molecule has 0 spiro atoms. The van der Waals surface area contributed by atoms with Crippen molar-refractivity contribution in [2.45, 2.75) is 24.8 Å². The Bertz CT molecular complexity index is 1090. The third-order valence-corrected chi connectivity index (χ3v) is 5.28. The van der Waals surface area contributed by atoms with Gasteiger partial charge in [0.15, 0.2) is 5.16 Å². The average Bonchev–Trinajstić information content (AvgIpc) is 3.30. The summed E-state index contributed by atoms with van der Waals surface area (Å²) in [6.07, 6.45) is 1.71. The normalized spacial score (nSPS) is 11.1. The number of nitrogens with zero attached hydrogens (tertiary/aromatic N) is 5. The van der Waals surface area contributed by atoms with Gasteiger partial charge in [-0.05, 0) is 37.6 Å². The molecule has 0 N–H and O–H groups in total. The summed E-state index contributed by atoms with van der Waals surface area (Å²) < 4.78 is 7.71. The number of hydrogen-bond donors (Lipinski definition) is 0. The van der Waals surface area contributed by atoms with Crippen LogP contribution in [-0.4, -0.2) is 25.0 Å². The molecule has 0 unspecified atom stereocenters. The van der Waals surface area contributed by atoms with Crippen molar-refractivity contribution in [3.05, 3.63) is 70.8 Å². The smallest absolute Gasteiger partial charge is 0.249 e. The highest BCUT2D eigenvalue weighted by Crippen LogP contribution is 2.29. The molecule has 0 aliphatic heterocycles. The van der Waals surface area contributed by atoms with Gasteiger partial charge in [-0.15, -0.1) is 20.4 Å². The Morgan fingerprint density at radius 3 is 2.74 bits per heavy atom. The third-order valence-electron chi connectivity index (χ3n) is 4.02. The van der Waals surface area contributed by atoms with Gasteiger partial charge in [-0.3, -0.25) is 4.57 Å². The molecule has 2 aromatic heterocycles. The first-order valence-electron chi connectivity index (χ1n) is 8.29. The zero-order valence-corrected chi connectivity index (χ0v) is 16.3. The Kier molecular flexibility index (Phi) is 4.96. The molecule has 6 nitrogen and oxygen atoms in total. The molecule has 27 heavy (non-hydrogen) atoms. The Labute approximate surface area is 165 Å². The lowest BCUT2D eigenvalue weighted by atomic mass is 10.1. The van der Waals surface area contributed by atoms with Crippen LogP contribution in [0, 0.1) is 13.8 Å². The molecule has 0 saturated carbocycles. The van der Waals surface area contributed by atoms with Gasteiger partial charge in [0.1, 0.15) is 6.33 Å². The largest absolute Gasteiger partial charge is 0.420 e. The molecule has 0 radical (unpaired) electrons. The molecule has 4 rings (SSSR count). The Morgan fingerprint density at radius 1 is 1.07 bits per heavy atom. The molecular weight excluding hydrogens is 382 g/mol. The predicted octanol–water partition coefficient (Wildman–Crippen LogP) is 4.88. The van der Waals surface area contributed by atoms with Crippen LogP contribution in [0.15, 0.2) is 58.4 Å². The van der Waals surface area contributed by atoms with Crippen molar-refractivity contribution in [3.8, 4) is 17.1 Å². The van der Waals surface area contributed by atoms with Crippen LogP contribution in [0.1, 0.15) is 17.0 Å². The van der Waals surface area contributed by atoms with E-state index >= 15 is 0 Å². The fourth-order valence-electron chi connectivity index (χ4n) is 2.75. The van der Waals surface area contributed by atoms with E-state index in [0.29, 0.717) is 22.6 Å². The van der Waals surface area contributed by atoms with E-state index in [0.717, 1.165) is 22.0 Å². The van der Waals surface area contributed by atoms with Gasteiger partial charge >= 0.3 is 0 Å². The summed E-state index contributed by atoms with van der Waals surface area (Å²) in [5, 5.41) is 17.8. The van der Waals surface area contributed by atoms with Crippen molar-refractivity contribution in [2.24, 2.45) is 0 Å².